The fraction of sp³-hybridized carbons (Fsp3) is 0.667. The number of rotatable bonds is 2. The van der Waals surface area contributed by atoms with Crippen LogP contribution in [0, 0.1) is 0 Å². The van der Waals surface area contributed by atoms with Crippen LogP contribution in [0.15, 0.2) is 12.7 Å². The van der Waals surface area contributed by atoms with Crippen LogP contribution in [0.3, 0.4) is 0 Å². The SMILES string of the molecule is [Cu+2].c1nnc(N2CNCCNCN(c3nnc[n-]3)CNCCNC2)[n-]1. The first-order chi connectivity index (χ1) is 11.9. The minimum atomic E-state index is 0. The van der Waals surface area contributed by atoms with Gasteiger partial charge in [0.1, 0.15) is 0 Å². The van der Waals surface area contributed by atoms with E-state index in [0.29, 0.717) is 38.6 Å². The first-order valence-electron chi connectivity index (χ1n) is 7.87. The Bertz CT molecular complexity index is 480. The van der Waals surface area contributed by atoms with E-state index >= 15 is 0 Å². The van der Waals surface area contributed by atoms with E-state index in [0.717, 1.165) is 26.2 Å². The molecule has 12 nitrogen and oxygen atoms in total. The Kier molecular flexibility index (Phi) is 8.59. The largest absolute Gasteiger partial charge is 2.00 e. The molecule has 1 radical (unpaired) electrons. The van der Waals surface area contributed by atoms with Crippen molar-refractivity contribution in [1.29, 1.82) is 0 Å². The molecule has 4 N–H and O–H groups in total. The van der Waals surface area contributed by atoms with E-state index in [1.54, 1.807) is 0 Å². The van der Waals surface area contributed by atoms with Crippen molar-refractivity contribution in [3.63, 3.8) is 0 Å². The molecule has 0 atom stereocenters. The standard InChI is InChI=1S/C12H22N12.Cu/c1-2-14-8-24(12-18-6-20-22-12)10-16-4-3-15-9-23(7-13-1)11-17-5-19-21-11;/h5-6,13-16H,1-4,7-10H2;/q-2;+2. The van der Waals surface area contributed by atoms with Gasteiger partial charge in [-0.15, -0.1) is 0 Å². The van der Waals surface area contributed by atoms with Gasteiger partial charge in [0.2, 0.25) is 0 Å². The topological polar surface area (TPSA) is 134 Å². The average Bonchev–Trinajstić information content (AvgIpc) is 3.30. The molecule has 0 bridgehead atoms. The predicted molar refractivity (Wildman–Crippen MR) is 87.1 cm³/mol. The van der Waals surface area contributed by atoms with Gasteiger partial charge in [-0.3, -0.25) is 10.2 Å². The maximum Gasteiger partial charge on any atom is 2.00 e. The number of anilines is 2. The minimum Gasteiger partial charge on any atom is -0.378 e. The number of hydrogen-bond acceptors (Lipinski definition) is 10. The zero-order valence-corrected chi connectivity index (χ0v) is 14.6. The van der Waals surface area contributed by atoms with Gasteiger partial charge in [0.05, 0.1) is 11.9 Å². The summed E-state index contributed by atoms with van der Waals surface area (Å²) in [6.45, 7) is 5.83. The van der Waals surface area contributed by atoms with Crippen molar-refractivity contribution in [1.82, 2.24) is 51.6 Å². The van der Waals surface area contributed by atoms with Crippen molar-refractivity contribution < 1.29 is 17.1 Å². The van der Waals surface area contributed by atoms with Crippen LogP contribution in [0.2, 0.25) is 0 Å². The maximum atomic E-state index is 4.15. The summed E-state index contributed by atoms with van der Waals surface area (Å²) in [7, 11) is 0. The molecule has 1 aliphatic rings. The summed E-state index contributed by atoms with van der Waals surface area (Å²) in [4.78, 5) is 12.3. The van der Waals surface area contributed by atoms with E-state index in [2.05, 4.69) is 51.6 Å². The molecule has 13 heteroatoms. The van der Waals surface area contributed by atoms with E-state index in [1.165, 1.54) is 12.7 Å². The second kappa shape index (κ2) is 11.0. The molecule has 1 saturated heterocycles. The Morgan fingerprint density at radius 3 is 1.32 bits per heavy atom. The van der Waals surface area contributed by atoms with Crippen molar-refractivity contribution in [3.8, 4) is 0 Å². The first-order valence-corrected chi connectivity index (χ1v) is 7.87. The van der Waals surface area contributed by atoms with Gasteiger partial charge in [0.25, 0.3) is 0 Å². The first kappa shape index (κ1) is 19.6. The van der Waals surface area contributed by atoms with Gasteiger partial charge in [-0.2, -0.15) is 0 Å². The second-order valence-electron chi connectivity index (χ2n) is 5.23. The van der Waals surface area contributed by atoms with Gasteiger partial charge in [-0.05, 0) is 0 Å². The molecular formula is C12H22CuN12. The third-order valence-electron chi connectivity index (χ3n) is 3.48. The van der Waals surface area contributed by atoms with E-state index in [-0.39, 0.29) is 17.1 Å². The Labute approximate surface area is 156 Å². The van der Waals surface area contributed by atoms with E-state index < -0.39 is 0 Å². The molecule has 3 rings (SSSR count). The van der Waals surface area contributed by atoms with Crippen LogP contribution < -0.4 is 41.0 Å². The van der Waals surface area contributed by atoms with Crippen molar-refractivity contribution in [3.05, 3.63) is 12.7 Å². The van der Waals surface area contributed by atoms with Gasteiger partial charge < -0.3 is 51.2 Å². The predicted octanol–water partition coefficient (Wildman–Crippen LogP) is -3.31. The molecular weight excluding hydrogens is 376 g/mol. The summed E-state index contributed by atoms with van der Waals surface area (Å²) in [6.07, 6.45) is 2.91. The summed E-state index contributed by atoms with van der Waals surface area (Å²) in [5.41, 5.74) is 0. The second-order valence-corrected chi connectivity index (χ2v) is 5.23. The van der Waals surface area contributed by atoms with Gasteiger partial charge in [-0.1, -0.05) is 0 Å². The summed E-state index contributed by atoms with van der Waals surface area (Å²) >= 11 is 0. The van der Waals surface area contributed by atoms with Gasteiger partial charge >= 0.3 is 17.1 Å². The average molecular weight is 398 g/mol. The van der Waals surface area contributed by atoms with Crippen LogP contribution in [0.5, 0.6) is 0 Å². The molecule has 3 heterocycles. The van der Waals surface area contributed by atoms with Gasteiger partial charge in [0, 0.05) is 65.5 Å². The Morgan fingerprint density at radius 1 is 0.680 bits per heavy atom. The fourth-order valence-electron chi connectivity index (χ4n) is 2.26. The van der Waals surface area contributed by atoms with E-state index in [9.17, 15) is 0 Å². The van der Waals surface area contributed by atoms with Crippen LogP contribution >= 0.6 is 0 Å². The smallest absolute Gasteiger partial charge is 0.378 e. The van der Waals surface area contributed by atoms with Crippen LogP contribution in [0.4, 0.5) is 11.9 Å². The molecule has 0 saturated carbocycles. The van der Waals surface area contributed by atoms with Crippen LogP contribution in [0.25, 0.3) is 0 Å². The molecule has 0 aliphatic carbocycles. The summed E-state index contributed by atoms with van der Waals surface area (Å²) in [5.74, 6) is 1.24. The zero-order chi connectivity index (χ0) is 16.5. The normalized spacial score (nSPS) is 18.4. The van der Waals surface area contributed by atoms with Crippen LogP contribution in [-0.4, -0.2) is 73.2 Å². The number of nitrogens with zero attached hydrogens (tertiary/aromatic N) is 8. The molecule has 0 aromatic carbocycles. The molecule has 25 heavy (non-hydrogen) atoms. The molecule has 0 spiro atoms. The summed E-state index contributed by atoms with van der Waals surface area (Å²) in [6, 6.07) is 0. The third-order valence-corrected chi connectivity index (χ3v) is 3.48. The molecule has 2 aromatic rings. The van der Waals surface area contributed by atoms with Crippen molar-refractivity contribution in [2.45, 2.75) is 0 Å². The zero-order valence-electron chi connectivity index (χ0n) is 13.7. The summed E-state index contributed by atoms with van der Waals surface area (Å²) < 4.78 is 0. The minimum absolute atomic E-state index is 0. The fourth-order valence-corrected chi connectivity index (χ4v) is 2.26. The molecule has 141 valence electrons. The summed E-state index contributed by atoms with van der Waals surface area (Å²) in [5, 5.41) is 29.0. The number of aromatic nitrogens is 6. The van der Waals surface area contributed by atoms with Gasteiger partial charge in [0.15, 0.2) is 0 Å². The Morgan fingerprint density at radius 2 is 1.04 bits per heavy atom. The van der Waals surface area contributed by atoms with Crippen LogP contribution in [-0.2, 0) is 17.1 Å². The molecule has 0 amide bonds. The monoisotopic (exact) mass is 397 g/mol. The number of nitrogens with one attached hydrogen (secondary N) is 4. The molecule has 1 aliphatic heterocycles. The molecule has 2 aromatic heterocycles. The number of hydrogen-bond donors (Lipinski definition) is 4. The quantitative estimate of drug-likeness (QED) is 0.378. The van der Waals surface area contributed by atoms with Crippen LogP contribution in [0.1, 0.15) is 0 Å². The maximum absolute atomic E-state index is 4.15. The van der Waals surface area contributed by atoms with E-state index in [1.807, 2.05) is 9.80 Å². The van der Waals surface area contributed by atoms with Crippen molar-refractivity contribution in [2.75, 3.05) is 62.7 Å². The van der Waals surface area contributed by atoms with Crippen molar-refractivity contribution in [2.24, 2.45) is 0 Å². The molecule has 1 fully saturated rings. The third kappa shape index (κ3) is 6.23. The molecule has 0 unspecified atom stereocenters. The Hall–Kier alpha value is -1.76. The van der Waals surface area contributed by atoms with Crippen molar-refractivity contribution >= 4 is 11.9 Å². The van der Waals surface area contributed by atoms with E-state index in [4.69, 9.17) is 0 Å². The van der Waals surface area contributed by atoms with Gasteiger partial charge in [-0.25, -0.2) is 0 Å². The Balaban J connectivity index is 0.00000225.